The quantitative estimate of drug-likeness (QED) is 0.551. The van der Waals surface area contributed by atoms with Crippen LogP contribution in [0.25, 0.3) is 11.1 Å². The first-order valence-corrected chi connectivity index (χ1v) is 13.4. The van der Waals surface area contributed by atoms with Crippen molar-refractivity contribution in [2.24, 2.45) is 11.7 Å². The number of amides is 1. The van der Waals surface area contributed by atoms with Crippen LogP contribution in [0.15, 0.2) is 42.3 Å². The number of aliphatic hydroxyl groups is 1. The molecule has 1 aliphatic carbocycles. The van der Waals surface area contributed by atoms with E-state index in [4.69, 9.17) is 5.73 Å². The molecule has 0 bridgehead atoms. The van der Waals surface area contributed by atoms with Crippen LogP contribution in [0.4, 0.5) is 11.4 Å². The lowest BCUT2D eigenvalue weighted by Crippen LogP contribution is -2.47. The van der Waals surface area contributed by atoms with Crippen molar-refractivity contribution >= 4 is 27.3 Å². The average Bonchev–Trinajstić information content (AvgIpc) is 3.10. The Kier molecular flexibility index (Phi) is 6.05. The third-order valence-corrected chi connectivity index (χ3v) is 9.57. The molecule has 1 heterocycles. The van der Waals surface area contributed by atoms with E-state index < -0.39 is 21.5 Å². The molecule has 7 nitrogen and oxygen atoms in total. The SMILES string of the molecule is C=CS(=O)(=O)N(C)c1cccc(-c2ccc(C(N)=O)c3c2C2(C)CCC(C(C)(C)O)CC2N3)c1C. The van der Waals surface area contributed by atoms with Crippen LogP contribution in [0.2, 0.25) is 0 Å². The fourth-order valence-electron chi connectivity index (χ4n) is 5.92. The number of benzene rings is 2. The first-order chi connectivity index (χ1) is 16.2. The maximum atomic E-state index is 12.5. The lowest BCUT2D eigenvalue weighted by atomic mass is 9.62. The Morgan fingerprint density at radius 1 is 1.29 bits per heavy atom. The first-order valence-electron chi connectivity index (χ1n) is 11.9. The summed E-state index contributed by atoms with van der Waals surface area (Å²) >= 11 is 0. The van der Waals surface area contributed by atoms with Crippen molar-refractivity contribution in [1.29, 1.82) is 0 Å². The second kappa shape index (κ2) is 8.38. The highest BCUT2D eigenvalue weighted by atomic mass is 32.2. The molecule has 8 heteroatoms. The van der Waals surface area contributed by atoms with E-state index in [1.807, 2.05) is 39.0 Å². The van der Waals surface area contributed by atoms with Crippen molar-refractivity contribution in [1.82, 2.24) is 0 Å². The van der Waals surface area contributed by atoms with Crippen molar-refractivity contribution in [3.05, 3.63) is 59.0 Å². The molecule has 4 rings (SSSR count). The van der Waals surface area contributed by atoms with Gasteiger partial charge in [0.2, 0.25) is 0 Å². The molecule has 3 unspecified atom stereocenters. The number of nitrogens with two attached hydrogens (primary N) is 1. The van der Waals surface area contributed by atoms with Gasteiger partial charge in [-0.15, -0.1) is 0 Å². The molecule has 35 heavy (non-hydrogen) atoms. The summed E-state index contributed by atoms with van der Waals surface area (Å²) in [6, 6.07) is 9.29. The highest BCUT2D eigenvalue weighted by Gasteiger charge is 2.51. The second-order valence-electron chi connectivity index (χ2n) is 10.6. The smallest absolute Gasteiger partial charge is 0.256 e. The van der Waals surface area contributed by atoms with Crippen LogP contribution in [0, 0.1) is 12.8 Å². The van der Waals surface area contributed by atoms with Crippen LogP contribution in [0.3, 0.4) is 0 Å². The van der Waals surface area contributed by atoms with Gasteiger partial charge in [-0.3, -0.25) is 9.10 Å². The number of hydrogen-bond donors (Lipinski definition) is 3. The van der Waals surface area contributed by atoms with Crippen LogP contribution < -0.4 is 15.4 Å². The van der Waals surface area contributed by atoms with Gasteiger partial charge in [0.1, 0.15) is 0 Å². The lowest BCUT2D eigenvalue weighted by molar-refractivity contribution is -0.0100. The summed E-state index contributed by atoms with van der Waals surface area (Å²) in [7, 11) is -2.14. The Labute approximate surface area is 208 Å². The number of nitrogens with zero attached hydrogens (tertiary/aromatic N) is 1. The Bertz CT molecular complexity index is 1310. The molecule has 3 atom stereocenters. The zero-order chi connectivity index (χ0) is 25.9. The molecule has 188 valence electrons. The topological polar surface area (TPSA) is 113 Å². The molecule has 1 aliphatic heterocycles. The van der Waals surface area contributed by atoms with E-state index in [0.29, 0.717) is 11.3 Å². The number of carbonyl (C=O) groups is 1. The molecule has 0 spiro atoms. The van der Waals surface area contributed by atoms with E-state index >= 15 is 0 Å². The van der Waals surface area contributed by atoms with Gasteiger partial charge >= 0.3 is 0 Å². The van der Waals surface area contributed by atoms with Crippen molar-refractivity contribution in [2.75, 3.05) is 16.7 Å². The third kappa shape index (κ3) is 4.02. The standard InChI is InChI=1S/C27H35N3O4S/c1-7-35(33,34)30(6)21-10-8-9-18(16(21)2)19-11-12-20(25(28)31)24-23(19)27(5)14-13-17(26(3,4)32)15-22(27)29-24/h7-12,17,22,29,32H,1,13-15H2,2-6H3,(H2,28,31). The molecule has 2 aliphatic rings. The zero-order valence-electron chi connectivity index (χ0n) is 21.1. The molecule has 0 radical (unpaired) electrons. The van der Waals surface area contributed by atoms with Crippen molar-refractivity contribution in [3.8, 4) is 11.1 Å². The minimum absolute atomic E-state index is 0.0363. The predicted molar refractivity (Wildman–Crippen MR) is 141 cm³/mol. The first kappa shape index (κ1) is 25.3. The third-order valence-electron chi connectivity index (χ3n) is 8.19. The summed E-state index contributed by atoms with van der Waals surface area (Å²) in [5, 5.41) is 15.2. The van der Waals surface area contributed by atoms with Gasteiger partial charge < -0.3 is 16.2 Å². The fraction of sp³-hybridized carbons (Fsp3) is 0.444. The number of anilines is 2. The molecule has 1 fully saturated rings. The maximum absolute atomic E-state index is 12.5. The molecule has 0 aromatic heterocycles. The lowest BCUT2D eigenvalue weighted by Gasteiger charge is -2.44. The second-order valence-corrected chi connectivity index (χ2v) is 12.6. The largest absolute Gasteiger partial charge is 0.390 e. The summed E-state index contributed by atoms with van der Waals surface area (Å²) in [6.45, 7) is 11.3. The Morgan fingerprint density at radius 2 is 1.97 bits per heavy atom. The van der Waals surface area contributed by atoms with Crippen LogP contribution in [-0.4, -0.2) is 38.1 Å². The van der Waals surface area contributed by atoms with Crippen LogP contribution >= 0.6 is 0 Å². The fourth-order valence-corrected chi connectivity index (χ4v) is 6.62. The zero-order valence-corrected chi connectivity index (χ0v) is 21.9. The summed E-state index contributed by atoms with van der Waals surface area (Å²) in [5.41, 5.74) is 10.1. The van der Waals surface area contributed by atoms with Gasteiger partial charge in [0.25, 0.3) is 15.9 Å². The summed E-state index contributed by atoms with van der Waals surface area (Å²) in [5.74, 6) is -0.366. The normalized spacial score (nSPS) is 23.7. The summed E-state index contributed by atoms with van der Waals surface area (Å²) in [4.78, 5) is 12.4. The molecular weight excluding hydrogens is 462 g/mol. The van der Waals surface area contributed by atoms with E-state index in [9.17, 15) is 18.3 Å². The van der Waals surface area contributed by atoms with Crippen molar-refractivity contribution in [2.45, 2.75) is 64.0 Å². The van der Waals surface area contributed by atoms with E-state index in [1.54, 1.807) is 12.1 Å². The summed E-state index contributed by atoms with van der Waals surface area (Å²) in [6.07, 6.45) is 2.47. The summed E-state index contributed by atoms with van der Waals surface area (Å²) < 4.78 is 26.2. The van der Waals surface area contributed by atoms with Crippen molar-refractivity contribution < 1.29 is 18.3 Å². The van der Waals surface area contributed by atoms with Gasteiger partial charge in [-0.25, -0.2) is 8.42 Å². The highest BCUT2D eigenvalue weighted by molar-refractivity contribution is 7.95. The highest BCUT2D eigenvalue weighted by Crippen LogP contribution is 2.55. The minimum Gasteiger partial charge on any atom is -0.390 e. The van der Waals surface area contributed by atoms with E-state index in [0.717, 1.165) is 52.6 Å². The number of rotatable bonds is 6. The molecule has 4 N–H and O–H groups in total. The van der Waals surface area contributed by atoms with Gasteiger partial charge in [-0.1, -0.05) is 31.7 Å². The molecule has 0 saturated heterocycles. The molecule has 2 aromatic carbocycles. The van der Waals surface area contributed by atoms with Crippen LogP contribution in [0.1, 0.15) is 61.5 Å². The predicted octanol–water partition coefficient (Wildman–Crippen LogP) is 4.29. The van der Waals surface area contributed by atoms with E-state index in [-0.39, 0.29) is 17.4 Å². The number of nitrogens with one attached hydrogen (secondary N) is 1. The number of carbonyl (C=O) groups excluding carboxylic acids is 1. The van der Waals surface area contributed by atoms with Crippen LogP contribution in [0.5, 0.6) is 0 Å². The van der Waals surface area contributed by atoms with E-state index in [2.05, 4.69) is 18.8 Å². The van der Waals surface area contributed by atoms with Crippen LogP contribution in [-0.2, 0) is 15.4 Å². The Hall–Kier alpha value is -2.84. The van der Waals surface area contributed by atoms with E-state index in [1.165, 1.54) is 11.4 Å². The number of fused-ring (bicyclic) bond motifs is 3. The maximum Gasteiger partial charge on any atom is 0.256 e. The van der Waals surface area contributed by atoms with Gasteiger partial charge in [-0.05, 0) is 80.3 Å². The number of hydrogen-bond acceptors (Lipinski definition) is 5. The molecule has 1 amide bonds. The van der Waals surface area contributed by atoms with Gasteiger partial charge in [-0.2, -0.15) is 0 Å². The van der Waals surface area contributed by atoms with Gasteiger partial charge in [0.05, 0.1) is 22.5 Å². The van der Waals surface area contributed by atoms with Crippen molar-refractivity contribution in [3.63, 3.8) is 0 Å². The molecular formula is C27H35N3O4S. The number of sulfonamides is 1. The van der Waals surface area contributed by atoms with Gasteiger partial charge in [0, 0.05) is 23.9 Å². The number of primary amides is 1. The Balaban J connectivity index is 1.91. The van der Waals surface area contributed by atoms with Gasteiger partial charge in [0.15, 0.2) is 0 Å². The Morgan fingerprint density at radius 3 is 2.57 bits per heavy atom. The average molecular weight is 498 g/mol. The monoisotopic (exact) mass is 497 g/mol. The molecule has 1 saturated carbocycles. The minimum atomic E-state index is -3.65. The molecule has 2 aromatic rings.